The highest BCUT2D eigenvalue weighted by Crippen LogP contribution is 2.42. The van der Waals surface area contributed by atoms with Gasteiger partial charge in [0.2, 0.25) is 0 Å². The van der Waals surface area contributed by atoms with Crippen molar-refractivity contribution in [1.29, 1.82) is 0 Å². The van der Waals surface area contributed by atoms with Gasteiger partial charge in [0.15, 0.2) is 0 Å². The molecular weight excluding hydrogens is 589 g/mol. The van der Waals surface area contributed by atoms with Gasteiger partial charge >= 0.3 is 0 Å². The minimum Gasteiger partial charge on any atom is -0.0991 e. The van der Waals surface area contributed by atoms with Crippen molar-refractivity contribution < 1.29 is 0 Å². The fraction of sp³-hybridized carbons (Fsp3) is 0.306. The van der Waals surface area contributed by atoms with Crippen LogP contribution in [0.25, 0.3) is 0 Å². The van der Waals surface area contributed by atoms with E-state index in [1.165, 1.54) is 50.2 Å². The molecule has 0 aromatic heterocycles. The summed E-state index contributed by atoms with van der Waals surface area (Å²) in [6, 6.07) is 0. The maximum atomic E-state index is 4.35. The van der Waals surface area contributed by atoms with E-state index in [0.29, 0.717) is 17.8 Å². The van der Waals surface area contributed by atoms with Gasteiger partial charge in [0.25, 0.3) is 0 Å². The van der Waals surface area contributed by atoms with Gasteiger partial charge < -0.3 is 0 Å². The Bertz CT molecular complexity index is 1730. The van der Waals surface area contributed by atoms with Crippen LogP contribution in [0.1, 0.15) is 80.6 Å². The van der Waals surface area contributed by atoms with E-state index in [0.717, 1.165) is 43.3 Å². The zero-order chi connectivity index (χ0) is 35.8. The Labute approximate surface area is 299 Å². The minimum atomic E-state index is 0.333. The van der Waals surface area contributed by atoms with E-state index in [-0.39, 0.29) is 0 Å². The van der Waals surface area contributed by atoms with Gasteiger partial charge in [0.05, 0.1) is 0 Å². The number of hydrogen-bond donors (Lipinski definition) is 0. The molecule has 0 heteroatoms. The van der Waals surface area contributed by atoms with Crippen LogP contribution in [0, 0.1) is 29.6 Å². The standard InChI is InChI=1S/C49H58/c1-11-14-24-43(36(4)5)34-40(9)49(46(39(8)13-3)29-21-23-38(7)31-30-37(6)22-12-2)48-28-20-16-19-27-47(48)41(10)44-33-32-42-25-17-15-18-26-45(42)35-44/h11-12,14,16,18,20-22,24,26-34,39,41,44H,1-2,7,13,19,23,25,35H2,3-6,8-10H3/b24-14-,29-21-,31-30-,37-22+,40-34+,49-46-/t39-,41?,44?/m1/s1. The van der Waals surface area contributed by atoms with E-state index < -0.39 is 0 Å². The molecule has 0 N–H and O–H groups in total. The molecule has 0 bridgehead atoms. The molecule has 0 fully saturated rings. The highest BCUT2D eigenvalue weighted by atomic mass is 14.3. The first-order valence-electron chi connectivity index (χ1n) is 17.9. The van der Waals surface area contributed by atoms with Gasteiger partial charge in [0.1, 0.15) is 0 Å². The first-order valence-corrected chi connectivity index (χ1v) is 17.9. The molecule has 3 rings (SSSR count). The smallest absolute Gasteiger partial charge is 0.0346 e. The summed E-state index contributed by atoms with van der Waals surface area (Å²) in [7, 11) is 0. The monoisotopic (exact) mass is 646 g/mol. The lowest BCUT2D eigenvalue weighted by Gasteiger charge is -2.31. The van der Waals surface area contributed by atoms with Crippen LogP contribution >= 0.6 is 0 Å². The van der Waals surface area contributed by atoms with Crippen LogP contribution in [0.5, 0.6) is 0 Å². The van der Waals surface area contributed by atoms with Gasteiger partial charge in [-0.1, -0.05) is 172 Å². The lowest BCUT2D eigenvalue weighted by Crippen LogP contribution is -2.18. The maximum absolute atomic E-state index is 4.35. The number of hydrogen-bond acceptors (Lipinski definition) is 0. The molecular formula is C49H58. The summed E-state index contributed by atoms with van der Waals surface area (Å²) in [6.07, 6.45) is 44.2. The zero-order valence-corrected chi connectivity index (χ0v) is 31.3. The molecule has 3 aliphatic carbocycles. The highest BCUT2D eigenvalue weighted by Gasteiger charge is 2.28. The molecule has 0 aromatic rings. The molecule has 0 amide bonds. The fourth-order valence-electron chi connectivity index (χ4n) is 6.41. The van der Waals surface area contributed by atoms with Crippen molar-refractivity contribution in [2.75, 3.05) is 0 Å². The molecule has 0 spiro atoms. The van der Waals surface area contributed by atoms with Gasteiger partial charge in [0, 0.05) is 6.42 Å². The van der Waals surface area contributed by atoms with Crippen molar-refractivity contribution in [2.24, 2.45) is 17.8 Å². The van der Waals surface area contributed by atoms with Gasteiger partial charge in [-0.3, -0.25) is 0 Å². The molecule has 0 radical (unpaired) electrons. The third kappa shape index (κ3) is 11.5. The van der Waals surface area contributed by atoms with Crippen LogP contribution in [-0.2, 0) is 0 Å². The molecule has 0 aromatic carbocycles. The summed E-state index contributed by atoms with van der Waals surface area (Å²) < 4.78 is 0. The number of rotatable bonds is 15. The SMILES string of the molecule is C=C/C=C\C(/C=C(C)/C(C1=CC=CCC=C1C(C)C1C=CC2=C(C=CC#CC2)C1)=C(\C=C/CC(=C)/C=C\C(C)=C\C=C)[C@H](C)CC)=C(C)C. The Hall–Kier alpha value is -4.60. The molecule has 49 heavy (non-hydrogen) atoms. The van der Waals surface area contributed by atoms with Gasteiger partial charge in [-0.2, -0.15) is 0 Å². The normalized spacial score (nSPS) is 19.8. The molecule has 2 unspecified atom stereocenters. The molecule has 254 valence electrons. The van der Waals surface area contributed by atoms with Crippen molar-refractivity contribution in [1.82, 2.24) is 0 Å². The third-order valence-corrected chi connectivity index (χ3v) is 9.58. The first kappa shape index (κ1) is 38.8. The predicted octanol–water partition coefficient (Wildman–Crippen LogP) is 13.8. The van der Waals surface area contributed by atoms with E-state index in [9.17, 15) is 0 Å². The second-order valence-corrected chi connectivity index (χ2v) is 13.6. The van der Waals surface area contributed by atoms with Gasteiger partial charge in [-0.25, -0.2) is 0 Å². The van der Waals surface area contributed by atoms with Crippen LogP contribution in [0.2, 0.25) is 0 Å². The Kier molecular flexibility index (Phi) is 15.9. The Morgan fingerprint density at radius 2 is 1.80 bits per heavy atom. The van der Waals surface area contributed by atoms with Crippen LogP contribution in [-0.4, -0.2) is 0 Å². The average molecular weight is 647 g/mol. The largest absolute Gasteiger partial charge is 0.0991 e. The fourth-order valence-corrected chi connectivity index (χ4v) is 6.41. The summed E-state index contributed by atoms with van der Waals surface area (Å²) >= 11 is 0. The number of allylic oxidation sites excluding steroid dienone is 29. The molecule has 0 saturated carbocycles. The van der Waals surface area contributed by atoms with Crippen LogP contribution in [0.3, 0.4) is 0 Å². The topological polar surface area (TPSA) is 0 Å². The quantitative estimate of drug-likeness (QED) is 0.123. The van der Waals surface area contributed by atoms with E-state index in [2.05, 4.69) is 159 Å². The summed E-state index contributed by atoms with van der Waals surface area (Å²) in [5, 5.41) is 0. The lowest BCUT2D eigenvalue weighted by molar-refractivity contribution is 0.485. The highest BCUT2D eigenvalue weighted by molar-refractivity contribution is 5.64. The summed E-state index contributed by atoms with van der Waals surface area (Å²) in [4.78, 5) is 0. The van der Waals surface area contributed by atoms with Crippen molar-refractivity contribution in [3.63, 3.8) is 0 Å². The molecule has 0 aliphatic heterocycles. The van der Waals surface area contributed by atoms with E-state index in [4.69, 9.17) is 0 Å². The molecule has 0 heterocycles. The minimum absolute atomic E-state index is 0.333. The van der Waals surface area contributed by atoms with E-state index >= 15 is 0 Å². The molecule has 3 aliphatic rings. The molecule has 3 atom stereocenters. The average Bonchev–Trinajstić information content (AvgIpc) is 3.48. The summed E-state index contributed by atoms with van der Waals surface area (Å²) in [5.74, 6) is 7.55. The maximum Gasteiger partial charge on any atom is 0.0346 e. The molecule has 0 nitrogen and oxygen atoms in total. The van der Waals surface area contributed by atoms with Crippen molar-refractivity contribution in [3.8, 4) is 11.8 Å². The van der Waals surface area contributed by atoms with Crippen LogP contribution in [0.4, 0.5) is 0 Å². The van der Waals surface area contributed by atoms with Crippen molar-refractivity contribution in [2.45, 2.75) is 80.6 Å². The van der Waals surface area contributed by atoms with Crippen molar-refractivity contribution in [3.05, 3.63) is 190 Å². The second-order valence-electron chi connectivity index (χ2n) is 13.6. The Balaban J connectivity index is 2.19. The summed E-state index contributed by atoms with van der Waals surface area (Å²) in [5.41, 5.74) is 14.2. The molecule has 0 saturated heterocycles. The van der Waals surface area contributed by atoms with Crippen LogP contribution < -0.4 is 0 Å². The lowest BCUT2D eigenvalue weighted by atomic mass is 9.73. The van der Waals surface area contributed by atoms with Crippen LogP contribution in [0.15, 0.2) is 190 Å². The first-order chi connectivity index (χ1) is 23.6. The zero-order valence-electron chi connectivity index (χ0n) is 31.3. The third-order valence-electron chi connectivity index (χ3n) is 9.58. The van der Waals surface area contributed by atoms with Gasteiger partial charge in [-0.05, 0) is 122 Å². The predicted molar refractivity (Wildman–Crippen MR) is 219 cm³/mol. The van der Waals surface area contributed by atoms with Gasteiger partial charge in [-0.15, -0.1) is 0 Å². The Morgan fingerprint density at radius 1 is 1.00 bits per heavy atom. The van der Waals surface area contributed by atoms with Crippen molar-refractivity contribution >= 4 is 0 Å². The van der Waals surface area contributed by atoms with E-state index in [1.54, 1.807) is 0 Å². The van der Waals surface area contributed by atoms with E-state index in [1.807, 2.05) is 30.4 Å². The summed E-state index contributed by atoms with van der Waals surface area (Å²) in [6.45, 7) is 27.9. The Morgan fingerprint density at radius 3 is 2.51 bits per heavy atom. The second kappa shape index (κ2) is 20.0.